The van der Waals surface area contributed by atoms with Crippen molar-refractivity contribution in [2.24, 2.45) is 5.92 Å². The second-order valence-corrected chi connectivity index (χ2v) is 11.4. The van der Waals surface area contributed by atoms with Gasteiger partial charge < -0.3 is 15.2 Å². The Labute approximate surface area is 209 Å². The molecule has 1 saturated carbocycles. The van der Waals surface area contributed by atoms with Gasteiger partial charge in [0.1, 0.15) is 10.3 Å². The van der Waals surface area contributed by atoms with Crippen molar-refractivity contribution < 1.29 is 23.1 Å². The quantitative estimate of drug-likeness (QED) is 0.330. The average molecular weight is 519 g/mol. The van der Waals surface area contributed by atoms with Gasteiger partial charge in [0.2, 0.25) is 21.8 Å². The molecule has 0 saturated heterocycles. The first-order chi connectivity index (χ1) is 16.9. The summed E-state index contributed by atoms with van der Waals surface area (Å²) in [5.41, 5.74) is 1.45. The summed E-state index contributed by atoms with van der Waals surface area (Å²) >= 11 is 1.29. The Balaban J connectivity index is 1.54. The average Bonchev–Trinajstić information content (AvgIpc) is 3.51. The van der Waals surface area contributed by atoms with Crippen molar-refractivity contribution >= 4 is 42.7 Å². The molecule has 0 radical (unpaired) electrons. The number of methoxy groups -OCH3 is 1. The first kappa shape index (κ1) is 25.5. The first-order valence-electron chi connectivity index (χ1n) is 11.7. The number of aromatic nitrogens is 2. The second kappa shape index (κ2) is 11.4. The molecule has 3 N–H and O–H groups in total. The van der Waals surface area contributed by atoms with Crippen molar-refractivity contribution in [1.29, 1.82) is 0 Å². The molecular formula is C24H30N4O5S2. The van der Waals surface area contributed by atoms with Crippen LogP contribution in [-0.4, -0.2) is 49.7 Å². The number of fused-ring (bicyclic) bond motifs is 1. The largest absolute Gasteiger partial charge is 0.481 e. The molecule has 1 aliphatic rings. The lowest BCUT2D eigenvalue weighted by molar-refractivity contribution is -0.118. The van der Waals surface area contributed by atoms with Crippen LogP contribution in [-0.2, 0) is 14.8 Å². The minimum absolute atomic E-state index is 0.0856. The van der Waals surface area contributed by atoms with Crippen LogP contribution in [0, 0.1) is 5.92 Å². The summed E-state index contributed by atoms with van der Waals surface area (Å²) in [4.78, 5) is 23.1. The van der Waals surface area contributed by atoms with E-state index in [0.29, 0.717) is 40.1 Å². The van der Waals surface area contributed by atoms with Gasteiger partial charge in [0.25, 0.3) is 0 Å². The van der Waals surface area contributed by atoms with E-state index in [1.54, 1.807) is 31.4 Å². The number of carbonyl (C=O) groups is 1. The maximum Gasteiger partial charge on any atom is 0.240 e. The van der Waals surface area contributed by atoms with E-state index in [2.05, 4.69) is 20.0 Å². The molecule has 0 bridgehead atoms. The van der Waals surface area contributed by atoms with Crippen LogP contribution >= 0.6 is 11.3 Å². The number of amides is 1. The fraction of sp³-hybridized carbons (Fsp3) is 0.458. The van der Waals surface area contributed by atoms with E-state index in [0.717, 1.165) is 18.4 Å². The highest BCUT2D eigenvalue weighted by atomic mass is 32.2. The number of hydrogen-bond donors (Lipinski definition) is 3. The highest BCUT2D eigenvalue weighted by Gasteiger charge is 2.28. The van der Waals surface area contributed by atoms with Crippen LogP contribution in [0.3, 0.4) is 0 Å². The third kappa shape index (κ3) is 6.35. The summed E-state index contributed by atoms with van der Waals surface area (Å²) in [5, 5.41) is 12.3. The molecule has 1 aliphatic carbocycles. The van der Waals surface area contributed by atoms with Gasteiger partial charge in [-0.1, -0.05) is 49.2 Å². The normalized spacial score (nSPS) is 15.4. The van der Waals surface area contributed by atoms with Crippen LogP contribution in [0.15, 0.2) is 41.3 Å². The van der Waals surface area contributed by atoms with Crippen molar-refractivity contribution in [1.82, 2.24) is 14.7 Å². The fourth-order valence-corrected chi connectivity index (χ4v) is 6.29. The smallest absolute Gasteiger partial charge is 0.240 e. The molecule has 1 fully saturated rings. The molecule has 3 aromatic rings. The van der Waals surface area contributed by atoms with Gasteiger partial charge in [0.15, 0.2) is 5.13 Å². The third-order valence-corrected chi connectivity index (χ3v) is 8.61. The van der Waals surface area contributed by atoms with Crippen molar-refractivity contribution in [3.05, 3.63) is 42.0 Å². The summed E-state index contributed by atoms with van der Waals surface area (Å²) < 4.78 is 32.6. The molecule has 1 amide bonds. The second-order valence-electron chi connectivity index (χ2n) is 8.67. The maximum absolute atomic E-state index is 13.4. The zero-order chi connectivity index (χ0) is 24.8. The molecule has 4 rings (SSSR count). The number of ether oxygens (including phenoxy) is 1. The van der Waals surface area contributed by atoms with Gasteiger partial charge >= 0.3 is 0 Å². The van der Waals surface area contributed by atoms with Gasteiger partial charge in [-0.2, -0.15) is 0 Å². The van der Waals surface area contributed by atoms with Crippen molar-refractivity contribution in [2.45, 2.75) is 49.3 Å². The van der Waals surface area contributed by atoms with Crippen LogP contribution in [0.5, 0.6) is 5.88 Å². The number of carbonyl (C=O) groups excluding carboxylic acids is 1. The Hall–Kier alpha value is -2.60. The van der Waals surface area contributed by atoms with Gasteiger partial charge in [-0.3, -0.25) is 4.79 Å². The van der Waals surface area contributed by atoms with Crippen LogP contribution in [0.1, 0.15) is 50.0 Å². The highest BCUT2D eigenvalue weighted by Crippen LogP contribution is 2.36. The summed E-state index contributed by atoms with van der Waals surface area (Å²) in [6.07, 6.45) is 5.56. The van der Waals surface area contributed by atoms with Crippen molar-refractivity contribution in [2.75, 3.05) is 25.6 Å². The lowest BCUT2D eigenvalue weighted by Crippen LogP contribution is -2.26. The van der Waals surface area contributed by atoms with Crippen molar-refractivity contribution in [3.8, 4) is 5.88 Å². The first-order valence-corrected chi connectivity index (χ1v) is 14.0. The van der Waals surface area contributed by atoms with Crippen molar-refractivity contribution in [3.63, 3.8) is 0 Å². The lowest BCUT2D eigenvalue weighted by Gasteiger charge is -2.20. The minimum atomic E-state index is -3.67. The molecule has 0 spiro atoms. The van der Waals surface area contributed by atoms with E-state index >= 15 is 0 Å². The number of benzene rings is 1. The van der Waals surface area contributed by atoms with Crippen LogP contribution in [0.4, 0.5) is 5.13 Å². The van der Waals surface area contributed by atoms with E-state index in [-0.39, 0.29) is 24.0 Å². The molecule has 1 atom stereocenters. The third-order valence-electron chi connectivity index (χ3n) is 6.25. The Kier molecular flexibility index (Phi) is 8.32. The van der Waals surface area contributed by atoms with Gasteiger partial charge in [-0.15, -0.1) is 0 Å². The minimum Gasteiger partial charge on any atom is -0.481 e. The molecule has 2 aromatic heterocycles. The maximum atomic E-state index is 13.4. The number of aliphatic hydroxyl groups excluding tert-OH is 1. The number of anilines is 1. The molecular weight excluding hydrogens is 488 g/mol. The Morgan fingerprint density at radius 1 is 1.17 bits per heavy atom. The Morgan fingerprint density at radius 3 is 2.60 bits per heavy atom. The molecule has 188 valence electrons. The van der Waals surface area contributed by atoms with E-state index < -0.39 is 15.9 Å². The SMILES string of the molecule is COc1ccc2nc(NC(=O)C(CC3CCCC3)c3ccc(S(=O)(=O)NCCCO)cc3)sc2n1. The van der Waals surface area contributed by atoms with E-state index in [4.69, 9.17) is 9.84 Å². The van der Waals surface area contributed by atoms with Gasteiger partial charge in [0, 0.05) is 19.2 Å². The molecule has 1 aromatic carbocycles. The molecule has 0 aliphatic heterocycles. The van der Waals surface area contributed by atoms with Crippen LogP contribution in [0.2, 0.25) is 0 Å². The monoisotopic (exact) mass is 518 g/mol. The number of aliphatic hydroxyl groups is 1. The zero-order valence-electron chi connectivity index (χ0n) is 19.6. The highest BCUT2D eigenvalue weighted by molar-refractivity contribution is 7.89. The number of nitrogens with zero attached hydrogens (tertiary/aromatic N) is 2. The standard InChI is InChI=1S/C24H30N4O5S2/c1-33-21-12-11-20-23(27-21)34-24(26-20)28-22(30)19(15-16-5-2-3-6-16)17-7-9-18(10-8-17)35(31,32)25-13-4-14-29/h7-12,16,19,25,29H,2-6,13-15H2,1H3,(H,26,28,30). The van der Waals surface area contributed by atoms with Crippen LogP contribution in [0.25, 0.3) is 10.3 Å². The Bertz CT molecular complexity index is 1250. The zero-order valence-corrected chi connectivity index (χ0v) is 21.2. The predicted molar refractivity (Wildman–Crippen MR) is 135 cm³/mol. The molecule has 1 unspecified atom stereocenters. The molecule has 11 heteroatoms. The van der Waals surface area contributed by atoms with E-state index in [1.807, 2.05) is 0 Å². The van der Waals surface area contributed by atoms with Gasteiger partial charge in [-0.05, 0) is 42.5 Å². The summed E-state index contributed by atoms with van der Waals surface area (Å²) in [6.45, 7) is 0.0773. The fourth-order valence-electron chi connectivity index (χ4n) is 4.38. The molecule has 35 heavy (non-hydrogen) atoms. The molecule has 9 nitrogen and oxygen atoms in total. The number of pyridine rings is 1. The number of thiazole rings is 1. The van der Waals surface area contributed by atoms with Gasteiger partial charge in [-0.25, -0.2) is 23.1 Å². The van der Waals surface area contributed by atoms with E-state index in [9.17, 15) is 13.2 Å². The van der Waals surface area contributed by atoms with Crippen LogP contribution < -0.4 is 14.8 Å². The summed E-state index contributed by atoms with van der Waals surface area (Å²) in [6, 6.07) is 10.0. The number of nitrogens with one attached hydrogen (secondary N) is 2. The summed E-state index contributed by atoms with van der Waals surface area (Å²) in [5.74, 6) is 0.348. The van der Waals surface area contributed by atoms with Gasteiger partial charge in [0.05, 0.1) is 17.9 Å². The number of hydrogen-bond acceptors (Lipinski definition) is 8. The summed E-state index contributed by atoms with van der Waals surface area (Å²) in [7, 11) is -2.13. The molecule has 2 heterocycles. The predicted octanol–water partition coefficient (Wildman–Crippen LogP) is 3.66. The van der Waals surface area contributed by atoms with E-state index in [1.165, 1.54) is 36.3 Å². The lowest BCUT2D eigenvalue weighted by atomic mass is 9.87. The number of rotatable bonds is 11. The Morgan fingerprint density at radius 2 is 1.91 bits per heavy atom. The topological polar surface area (TPSA) is 131 Å². The number of sulfonamides is 1.